The first kappa shape index (κ1) is 17.6. The van der Waals surface area contributed by atoms with Gasteiger partial charge < -0.3 is 9.47 Å². The van der Waals surface area contributed by atoms with Crippen LogP contribution in [-0.4, -0.2) is 18.7 Å². The summed E-state index contributed by atoms with van der Waals surface area (Å²) in [5.41, 5.74) is 0. The molecule has 0 aromatic heterocycles. The van der Waals surface area contributed by atoms with Crippen molar-refractivity contribution >= 4 is 17.6 Å². The lowest BCUT2D eigenvalue weighted by molar-refractivity contribution is -0.157. The van der Waals surface area contributed by atoms with Gasteiger partial charge in [-0.15, -0.1) is 0 Å². The second kappa shape index (κ2) is 8.75. The summed E-state index contributed by atoms with van der Waals surface area (Å²) in [4.78, 5) is 12.2. The van der Waals surface area contributed by atoms with Crippen LogP contribution in [-0.2, 0) is 9.53 Å². The second-order valence-electron chi connectivity index (χ2n) is 7.09. The molecular weight excluding hydrogens is 324 g/mol. The van der Waals surface area contributed by atoms with Crippen LogP contribution in [0.2, 0.25) is 5.02 Å². The number of benzene rings is 1. The fourth-order valence-corrected chi connectivity index (χ4v) is 4.47. The number of hydrogen-bond donors (Lipinski definition) is 0. The molecule has 2 aliphatic rings. The summed E-state index contributed by atoms with van der Waals surface area (Å²) in [6.07, 6.45) is 11.3. The van der Waals surface area contributed by atoms with Crippen molar-refractivity contribution in [3.63, 3.8) is 0 Å². The Morgan fingerprint density at radius 3 is 2.50 bits per heavy atom. The van der Waals surface area contributed by atoms with E-state index in [-0.39, 0.29) is 18.7 Å². The molecular formula is C20H27ClO3. The topological polar surface area (TPSA) is 35.5 Å². The largest absolute Gasteiger partial charge is 0.480 e. The molecule has 2 saturated carbocycles. The summed E-state index contributed by atoms with van der Waals surface area (Å²) in [6.45, 7) is -0.0718. The number of carbonyl (C=O) groups excluding carboxylic acids is 1. The van der Waals surface area contributed by atoms with E-state index in [2.05, 4.69) is 0 Å². The normalized spacial score (nSPS) is 25.2. The Balaban J connectivity index is 1.52. The highest BCUT2D eigenvalue weighted by molar-refractivity contribution is 6.32. The molecule has 1 aromatic carbocycles. The van der Waals surface area contributed by atoms with Crippen LogP contribution in [0.3, 0.4) is 0 Å². The van der Waals surface area contributed by atoms with Crippen molar-refractivity contribution in [3.05, 3.63) is 29.3 Å². The summed E-state index contributed by atoms with van der Waals surface area (Å²) < 4.78 is 11.3. The van der Waals surface area contributed by atoms with E-state index in [4.69, 9.17) is 21.1 Å². The van der Waals surface area contributed by atoms with Gasteiger partial charge in [0.15, 0.2) is 6.61 Å². The van der Waals surface area contributed by atoms with Crippen molar-refractivity contribution in [2.45, 2.75) is 63.9 Å². The van der Waals surface area contributed by atoms with Crippen LogP contribution in [0, 0.1) is 11.8 Å². The molecule has 1 aromatic rings. The molecule has 0 amide bonds. The lowest BCUT2D eigenvalue weighted by Gasteiger charge is -2.38. The van der Waals surface area contributed by atoms with Gasteiger partial charge in [-0.05, 0) is 43.2 Å². The zero-order valence-electron chi connectivity index (χ0n) is 14.2. The van der Waals surface area contributed by atoms with Crippen LogP contribution in [0.5, 0.6) is 5.75 Å². The average molecular weight is 351 g/mol. The zero-order valence-corrected chi connectivity index (χ0v) is 15.0. The molecule has 3 nitrogen and oxygen atoms in total. The molecule has 0 heterocycles. The van der Waals surface area contributed by atoms with Gasteiger partial charge in [-0.3, -0.25) is 0 Å². The molecule has 24 heavy (non-hydrogen) atoms. The van der Waals surface area contributed by atoms with Crippen molar-refractivity contribution < 1.29 is 14.3 Å². The van der Waals surface area contributed by atoms with Gasteiger partial charge >= 0.3 is 5.97 Å². The van der Waals surface area contributed by atoms with E-state index in [1.165, 1.54) is 44.9 Å². The van der Waals surface area contributed by atoms with E-state index >= 15 is 0 Å². The molecule has 3 rings (SSSR count). The van der Waals surface area contributed by atoms with Gasteiger partial charge in [0.1, 0.15) is 11.9 Å². The monoisotopic (exact) mass is 350 g/mol. The van der Waals surface area contributed by atoms with E-state index in [1.54, 1.807) is 12.1 Å². The molecule has 0 radical (unpaired) electrons. The van der Waals surface area contributed by atoms with Crippen LogP contribution < -0.4 is 4.74 Å². The van der Waals surface area contributed by atoms with E-state index in [9.17, 15) is 4.79 Å². The van der Waals surface area contributed by atoms with Crippen molar-refractivity contribution in [1.29, 1.82) is 0 Å². The van der Waals surface area contributed by atoms with Crippen LogP contribution in [0.25, 0.3) is 0 Å². The fourth-order valence-electron chi connectivity index (χ4n) is 4.27. The molecule has 0 N–H and O–H groups in total. The van der Waals surface area contributed by atoms with Crippen molar-refractivity contribution in [2.24, 2.45) is 11.8 Å². The van der Waals surface area contributed by atoms with Gasteiger partial charge in [-0.1, -0.05) is 62.3 Å². The Morgan fingerprint density at radius 1 is 1.00 bits per heavy atom. The van der Waals surface area contributed by atoms with Gasteiger partial charge in [0.25, 0.3) is 0 Å². The SMILES string of the molecule is O=C(COc1ccccc1Cl)O[C@H]1CCCC[C@@H]1C1CCCCC1. The molecule has 0 bridgehead atoms. The van der Waals surface area contributed by atoms with Crippen LogP contribution in [0.4, 0.5) is 0 Å². The van der Waals surface area contributed by atoms with Gasteiger partial charge in [0, 0.05) is 0 Å². The Labute approximate surface area is 149 Å². The van der Waals surface area contributed by atoms with Crippen molar-refractivity contribution in [2.75, 3.05) is 6.61 Å². The maximum atomic E-state index is 12.2. The molecule has 2 aliphatic carbocycles. The Hall–Kier alpha value is -1.22. The summed E-state index contributed by atoms with van der Waals surface area (Å²) in [7, 11) is 0. The molecule has 0 aliphatic heterocycles. The maximum absolute atomic E-state index is 12.2. The predicted molar refractivity (Wildman–Crippen MR) is 95.4 cm³/mol. The number of para-hydroxylation sites is 1. The maximum Gasteiger partial charge on any atom is 0.344 e. The third kappa shape index (κ3) is 4.66. The summed E-state index contributed by atoms with van der Waals surface area (Å²) in [6, 6.07) is 7.20. The molecule has 2 atom stereocenters. The zero-order chi connectivity index (χ0) is 16.8. The highest BCUT2D eigenvalue weighted by Crippen LogP contribution is 2.39. The number of carbonyl (C=O) groups is 1. The van der Waals surface area contributed by atoms with E-state index in [1.807, 2.05) is 12.1 Å². The number of hydrogen-bond acceptors (Lipinski definition) is 3. The summed E-state index contributed by atoms with van der Waals surface area (Å²) in [5.74, 6) is 1.54. The summed E-state index contributed by atoms with van der Waals surface area (Å²) >= 11 is 6.05. The highest BCUT2D eigenvalue weighted by atomic mass is 35.5. The minimum atomic E-state index is -0.275. The predicted octanol–water partition coefficient (Wildman–Crippen LogP) is 5.40. The van der Waals surface area contributed by atoms with E-state index in [0.717, 1.165) is 18.8 Å². The quantitative estimate of drug-likeness (QED) is 0.667. The number of ether oxygens (including phenoxy) is 2. The second-order valence-corrected chi connectivity index (χ2v) is 7.50. The van der Waals surface area contributed by atoms with Gasteiger partial charge in [0.05, 0.1) is 5.02 Å². The Kier molecular flexibility index (Phi) is 6.42. The molecule has 4 heteroatoms. The van der Waals surface area contributed by atoms with Gasteiger partial charge in [0.2, 0.25) is 0 Å². The Morgan fingerprint density at radius 2 is 1.71 bits per heavy atom. The standard InChI is InChI=1S/C20H27ClO3/c21-17-11-5-7-13-19(17)23-14-20(22)24-18-12-6-4-10-16(18)15-8-2-1-3-9-15/h5,7,11,13,15-16,18H,1-4,6,8-10,12,14H2/t16-,18+/m1/s1. The van der Waals surface area contributed by atoms with Crippen LogP contribution in [0.15, 0.2) is 24.3 Å². The highest BCUT2D eigenvalue weighted by Gasteiger charge is 2.34. The third-order valence-electron chi connectivity index (χ3n) is 5.47. The van der Waals surface area contributed by atoms with Gasteiger partial charge in [-0.25, -0.2) is 4.79 Å². The molecule has 132 valence electrons. The first-order valence-corrected chi connectivity index (χ1v) is 9.68. The van der Waals surface area contributed by atoms with Crippen molar-refractivity contribution in [3.8, 4) is 5.75 Å². The lowest BCUT2D eigenvalue weighted by atomic mass is 9.72. The van der Waals surface area contributed by atoms with E-state index < -0.39 is 0 Å². The van der Waals surface area contributed by atoms with Crippen molar-refractivity contribution in [1.82, 2.24) is 0 Å². The van der Waals surface area contributed by atoms with Gasteiger partial charge in [-0.2, -0.15) is 0 Å². The first-order valence-electron chi connectivity index (χ1n) is 9.31. The first-order chi connectivity index (χ1) is 11.7. The molecule has 0 spiro atoms. The van der Waals surface area contributed by atoms with Crippen LogP contribution >= 0.6 is 11.6 Å². The van der Waals surface area contributed by atoms with E-state index in [0.29, 0.717) is 16.7 Å². The minimum Gasteiger partial charge on any atom is -0.480 e. The van der Waals surface area contributed by atoms with Crippen LogP contribution in [0.1, 0.15) is 57.8 Å². The molecule has 0 unspecified atom stereocenters. The Bertz CT molecular complexity index is 539. The number of halogens is 1. The smallest absolute Gasteiger partial charge is 0.344 e. The fraction of sp³-hybridized carbons (Fsp3) is 0.650. The minimum absolute atomic E-state index is 0.0718. The summed E-state index contributed by atoms with van der Waals surface area (Å²) in [5, 5.41) is 0.517. The molecule has 2 fully saturated rings. The average Bonchev–Trinajstić information content (AvgIpc) is 2.62. The lowest BCUT2D eigenvalue weighted by Crippen LogP contribution is -2.36. The number of esters is 1. The molecule has 0 saturated heterocycles. The third-order valence-corrected chi connectivity index (χ3v) is 5.79. The number of rotatable bonds is 5.